The zero-order valence-electron chi connectivity index (χ0n) is 7.70. The molecule has 2 rings (SSSR count). The molecule has 1 atom stereocenters. The highest BCUT2D eigenvalue weighted by Crippen LogP contribution is 2.54. The van der Waals surface area contributed by atoms with E-state index < -0.39 is 0 Å². The molecule has 1 saturated carbocycles. The Morgan fingerprint density at radius 3 is 2.46 bits per heavy atom. The number of rotatable bonds is 2. The quantitative estimate of drug-likeness (QED) is 0.694. The van der Waals surface area contributed by atoms with E-state index in [2.05, 4.69) is 19.6 Å². The van der Waals surface area contributed by atoms with Crippen molar-refractivity contribution >= 4 is 12.6 Å². The van der Waals surface area contributed by atoms with Gasteiger partial charge in [0.15, 0.2) is 0 Å². The van der Waals surface area contributed by atoms with Crippen molar-refractivity contribution in [2.24, 2.45) is 0 Å². The molecule has 2 heteroatoms. The van der Waals surface area contributed by atoms with Crippen LogP contribution in [0.4, 0.5) is 0 Å². The van der Waals surface area contributed by atoms with Crippen LogP contribution in [-0.4, -0.2) is 10.4 Å². The second-order valence-corrected chi connectivity index (χ2v) is 4.62. The molecule has 0 heterocycles. The van der Waals surface area contributed by atoms with Gasteiger partial charge in [-0.05, 0) is 18.9 Å². The topological polar surface area (TPSA) is 20.2 Å². The molecule has 1 aliphatic carbocycles. The molecule has 1 fully saturated rings. The van der Waals surface area contributed by atoms with Crippen LogP contribution in [0.25, 0.3) is 0 Å². The lowest BCUT2D eigenvalue weighted by molar-refractivity contribution is 0.458. The van der Waals surface area contributed by atoms with Crippen LogP contribution >= 0.6 is 12.6 Å². The molecule has 0 bridgehead atoms. The number of para-hydroxylation sites is 1. The summed E-state index contributed by atoms with van der Waals surface area (Å²) in [6.07, 6.45) is 2.30. The number of thiol groups is 1. The van der Waals surface area contributed by atoms with Gasteiger partial charge in [0.2, 0.25) is 0 Å². The van der Waals surface area contributed by atoms with E-state index in [1.54, 1.807) is 6.07 Å². The third-order valence-electron chi connectivity index (χ3n) is 3.03. The van der Waals surface area contributed by atoms with Crippen LogP contribution in [0.5, 0.6) is 5.75 Å². The molecule has 0 saturated heterocycles. The average Bonchev–Trinajstić information content (AvgIpc) is 2.85. The molecule has 0 radical (unpaired) electrons. The van der Waals surface area contributed by atoms with Crippen LogP contribution in [0.15, 0.2) is 24.3 Å². The minimum absolute atomic E-state index is 0.147. The van der Waals surface area contributed by atoms with Gasteiger partial charge >= 0.3 is 0 Å². The first kappa shape index (κ1) is 8.95. The fourth-order valence-corrected chi connectivity index (χ4v) is 2.34. The van der Waals surface area contributed by atoms with E-state index in [-0.39, 0.29) is 5.41 Å². The number of hydrogen-bond acceptors (Lipinski definition) is 2. The number of benzene rings is 1. The van der Waals surface area contributed by atoms with Crippen LogP contribution in [0.3, 0.4) is 0 Å². The minimum Gasteiger partial charge on any atom is -0.508 e. The van der Waals surface area contributed by atoms with Crippen molar-refractivity contribution in [1.82, 2.24) is 0 Å². The number of aromatic hydroxyl groups is 1. The van der Waals surface area contributed by atoms with Gasteiger partial charge in [-0.25, -0.2) is 0 Å². The molecule has 1 nitrogen and oxygen atoms in total. The standard InChI is InChI=1S/C11H14OS/c1-8(13)11(6-7-11)9-4-2-3-5-10(9)12/h2-5,8,12-13H,6-7H2,1H3. The fraction of sp³-hybridized carbons (Fsp3) is 0.455. The molecule has 1 aliphatic rings. The lowest BCUT2D eigenvalue weighted by Gasteiger charge is -2.20. The Morgan fingerprint density at radius 1 is 1.38 bits per heavy atom. The van der Waals surface area contributed by atoms with E-state index in [1.807, 2.05) is 18.2 Å². The van der Waals surface area contributed by atoms with Crippen LogP contribution in [-0.2, 0) is 5.41 Å². The Kier molecular flexibility index (Phi) is 2.03. The molecule has 1 aromatic carbocycles. The molecule has 0 aliphatic heterocycles. The van der Waals surface area contributed by atoms with Gasteiger partial charge in [0, 0.05) is 16.2 Å². The number of hydrogen-bond donors (Lipinski definition) is 2. The summed E-state index contributed by atoms with van der Waals surface area (Å²) in [6.45, 7) is 2.10. The van der Waals surface area contributed by atoms with Crippen molar-refractivity contribution in [1.29, 1.82) is 0 Å². The van der Waals surface area contributed by atoms with Crippen LogP contribution in [0.1, 0.15) is 25.3 Å². The fourth-order valence-electron chi connectivity index (χ4n) is 1.94. The minimum atomic E-state index is 0.147. The Bertz CT molecular complexity index is 316. The van der Waals surface area contributed by atoms with Gasteiger partial charge in [-0.15, -0.1) is 0 Å². The van der Waals surface area contributed by atoms with E-state index in [9.17, 15) is 5.11 Å². The molecule has 1 unspecified atom stereocenters. The predicted octanol–water partition coefficient (Wildman–Crippen LogP) is 2.74. The molecular weight excluding hydrogens is 180 g/mol. The average molecular weight is 194 g/mol. The highest BCUT2D eigenvalue weighted by Gasteiger charge is 2.48. The first-order valence-electron chi connectivity index (χ1n) is 4.63. The second kappa shape index (κ2) is 2.95. The summed E-state index contributed by atoms with van der Waals surface area (Å²) in [5.41, 5.74) is 1.21. The van der Waals surface area contributed by atoms with Crippen molar-refractivity contribution in [3.8, 4) is 5.75 Å². The number of phenols is 1. The summed E-state index contributed by atoms with van der Waals surface area (Å²) in [5, 5.41) is 10.0. The van der Waals surface area contributed by atoms with E-state index in [4.69, 9.17) is 0 Å². The lowest BCUT2D eigenvalue weighted by Crippen LogP contribution is -2.17. The maximum Gasteiger partial charge on any atom is 0.119 e. The van der Waals surface area contributed by atoms with Crippen molar-refractivity contribution in [2.75, 3.05) is 0 Å². The molecule has 0 aromatic heterocycles. The highest BCUT2D eigenvalue weighted by atomic mass is 32.1. The summed E-state index contributed by atoms with van der Waals surface area (Å²) in [7, 11) is 0. The normalized spacial score (nSPS) is 21.1. The molecule has 13 heavy (non-hydrogen) atoms. The van der Waals surface area contributed by atoms with Gasteiger partial charge in [-0.1, -0.05) is 25.1 Å². The zero-order valence-corrected chi connectivity index (χ0v) is 8.59. The third kappa shape index (κ3) is 1.33. The molecular formula is C11H14OS. The van der Waals surface area contributed by atoms with Crippen molar-refractivity contribution < 1.29 is 5.11 Å². The van der Waals surface area contributed by atoms with Gasteiger partial charge in [0.1, 0.15) is 5.75 Å². The van der Waals surface area contributed by atoms with Crippen molar-refractivity contribution in [3.63, 3.8) is 0 Å². The Hall–Kier alpha value is -0.630. The third-order valence-corrected chi connectivity index (χ3v) is 3.52. The summed E-state index contributed by atoms with van der Waals surface area (Å²) in [6, 6.07) is 7.60. The summed E-state index contributed by atoms with van der Waals surface area (Å²) < 4.78 is 0. The first-order chi connectivity index (χ1) is 6.17. The Balaban J connectivity index is 2.41. The molecule has 0 spiro atoms. The lowest BCUT2D eigenvalue weighted by atomic mass is 9.92. The first-order valence-corrected chi connectivity index (χ1v) is 5.15. The largest absolute Gasteiger partial charge is 0.508 e. The summed E-state index contributed by atoms with van der Waals surface area (Å²) in [5.74, 6) is 0.418. The van der Waals surface area contributed by atoms with E-state index in [0.717, 1.165) is 18.4 Å². The van der Waals surface area contributed by atoms with Crippen molar-refractivity contribution in [2.45, 2.75) is 30.4 Å². The molecule has 0 amide bonds. The van der Waals surface area contributed by atoms with Gasteiger partial charge in [0.05, 0.1) is 0 Å². The summed E-state index contributed by atoms with van der Waals surface area (Å²) in [4.78, 5) is 0. The smallest absolute Gasteiger partial charge is 0.119 e. The van der Waals surface area contributed by atoms with Gasteiger partial charge in [-0.3, -0.25) is 0 Å². The predicted molar refractivity (Wildman–Crippen MR) is 57.5 cm³/mol. The second-order valence-electron chi connectivity index (χ2n) is 3.85. The Morgan fingerprint density at radius 2 is 2.00 bits per heavy atom. The van der Waals surface area contributed by atoms with Crippen LogP contribution in [0, 0.1) is 0 Å². The van der Waals surface area contributed by atoms with E-state index in [1.165, 1.54) is 0 Å². The van der Waals surface area contributed by atoms with E-state index in [0.29, 0.717) is 11.0 Å². The van der Waals surface area contributed by atoms with Crippen LogP contribution < -0.4 is 0 Å². The maximum atomic E-state index is 9.70. The van der Waals surface area contributed by atoms with Gasteiger partial charge < -0.3 is 5.11 Å². The Labute approximate surface area is 84.2 Å². The molecule has 1 N–H and O–H groups in total. The molecule has 1 aromatic rings. The molecule has 70 valence electrons. The summed E-state index contributed by atoms with van der Waals surface area (Å²) >= 11 is 4.49. The number of phenolic OH excluding ortho intramolecular Hbond substituents is 1. The van der Waals surface area contributed by atoms with Gasteiger partial charge in [0.25, 0.3) is 0 Å². The monoisotopic (exact) mass is 194 g/mol. The van der Waals surface area contributed by atoms with Crippen molar-refractivity contribution in [3.05, 3.63) is 29.8 Å². The SMILES string of the molecule is CC(S)C1(c2ccccc2O)CC1. The van der Waals surface area contributed by atoms with Crippen LogP contribution in [0.2, 0.25) is 0 Å². The van der Waals surface area contributed by atoms with Gasteiger partial charge in [-0.2, -0.15) is 12.6 Å². The highest BCUT2D eigenvalue weighted by molar-refractivity contribution is 7.81. The van der Waals surface area contributed by atoms with E-state index >= 15 is 0 Å². The maximum absolute atomic E-state index is 9.70. The zero-order chi connectivity index (χ0) is 9.47.